The van der Waals surface area contributed by atoms with E-state index < -0.39 is 0 Å². The third-order valence-electron chi connectivity index (χ3n) is 2.18. The maximum Gasteiger partial charge on any atom is 0.230 e. The van der Waals surface area contributed by atoms with E-state index in [0.717, 1.165) is 0 Å². The van der Waals surface area contributed by atoms with Gasteiger partial charge in [-0.1, -0.05) is 13.0 Å². The number of carbonyl (C=O) groups excluding carboxylic acids is 1. The molecule has 0 aromatic carbocycles. The molecule has 2 atom stereocenters. The highest BCUT2D eigenvalue weighted by molar-refractivity contribution is 8.00. The largest absolute Gasteiger partial charge is 0.348 e. The highest BCUT2D eigenvalue weighted by Gasteiger charge is 2.11. The topological polar surface area (TPSA) is 55.1 Å². The Labute approximate surface area is 105 Å². The minimum absolute atomic E-state index is 0.0752. The third kappa shape index (κ3) is 4.55. The van der Waals surface area contributed by atoms with Gasteiger partial charge in [0, 0.05) is 16.7 Å². The third-order valence-corrected chi connectivity index (χ3v) is 4.42. The van der Waals surface area contributed by atoms with Crippen molar-refractivity contribution in [3.05, 3.63) is 22.4 Å². The molecule has 1 amide bonds. The van der Waals surface area contributed by atoms with Crippen molar-refractivity contribution in [2.45, 2.75) is 25.1 Å². The number of amides is 1. The number of hydrogen-bond acceptors (Lipinski definition) is 4. The van der Waals surface area contributed by atoms with Crippen molar-refractivity contribution >= 4 is 29.0 Å². The molecular weight excluding hydrogens is 240 g/mol. The van der Waals surface area contributed by atoms with Crippen LogP contribution in [0.4, 0.5) is 0 Å². The molecule has 0 fully saturated rings. The van der Waals surface area contributed by atoms with Crippen LogP contribution in [0.1, 0.15) is 24.8 Å². The SMILES string of the molecule is CC(CN)SCC(=O)NC(C)c1cccs1. The Balaban J connectivity index is 2.29. The van der Waals surface area contributed by atoms with Crippen molar-refractivity contribution in [3.8, 4) is 0 Å². The Hall–Kier alpha value is -0.520. The van der Waals surface area contributed by atoms with Crippen LogP contribution in [0.15, 0.2) is 17.5 Å². The average Bonchev–Trinajstić information content (AvgIpc) is 2.79. The second kappa shape index (κ2) is 6.93. The first-order valence-electron chi connectivity index (χ1n) is 5.28. The van der Waals surface area contributed by atoms with E-state index in [-0.39, 0.29) is 11.9 Å². The van der Waals surface area contributed by atoms with E-state index in [2.05, 4.69) is 5.32 Å². The lowest BCUT2D eigenvalue weighted by Gasteiger charge is -2.13. The second-order valence-corrected chi connectivity index (χ2v) is 6.07. The molecule has 0 saturated heterocycles. The van der Waals surface area contributed by atoms with Crippen molar-refractivity contribution in [2.24, 2.45) is 5.73 Å². The van der Waals surface area contributed by atoms with Crippen LogP contribution in [0.2, 0.25) is 0 Å². The number of nitrogens with two attached hydrogens (primary N) is 1. The molecule has 2 unspecified atom stereocenters. The van der Waals surface area contributed by atoms with Crippen LogP contribution in [-0.4, -0.2) is 23.5 Å². The lowest BCUT2D eigenvalue weighted by atomic mass is 10.3. The fraction of sp³-hybridized carbons (Fsp3) is 0.545. The standard InChI is InChI=1S/C11H18N2OS2/c1-8(6-12)16-7-11(14)13-9(2)10-4-3-5-15-10/h3-5,8-9H,6-7,12H2,1-2H3,(H,13,14). The maximum absolute atomic E-state index is 11.6. The first kappa shape index (κ1) is 13.5. The zero-order chi connectivity index (χ0) is 12.0. The molecule has 0 radical (unpaired) electrons. The van der Waals surface area contributed by atoms with Gasteiger partial charge in [-0.05, 0) is 18.4 Å². The van der Waals surface area contributed by atoms with Crippen LogP contribution < -0.4 is 11.1 Å². The van der Waals surface area contributed by atoms with E-state index in [4.69, 9.17) is 5.73 Å². The Morgan fingerprint density at radius 1 is 1.62 bits per heavy atom. The number of carbonyl (C=O) groups is 1. The monoisotopic (exact) mass is 258 g/mol. The number of thiophene rings is 1. The molecule has 0 bridgehead atoms. The molecular formula is C11H18N2OS2. The minimum atomic E-state index is 0.0752. The van der Waals surface area contributed by atoms with Gasteiger partial charge in [-0.2, -0.15) is 0 Å². The van der Waals surface area contributed by atoms with Crippen molar-refractivity contribution in [2.75, 3.05) is 12.3 Å². The Kier molecular flexibility index (Phi) is 5.87. The molecule has 1 heterocycles. The van der Waals surface area contributed by atoms with Crippen molar-refractivity contribution in [1.29, 1.82) is 0 Å². The van der Waals surface area contributed by atoms with Gasteiger partial charge in [0.1, 0.15) is 0 Å². The summed E-state index contributed by atoms with van der Waals surface area (Å²) < 4.78 is 0. The van der Waals surface area contributed by atoms with Gasteiger partial charge in [-0.3, -0.25) is 4.79 Å². The molecule has 16 heavy (non-hydrogen) atoms. The van der Waals surface area contributed by atoms with Crippen molar-refractivity contribution in [1.82, 2.24) is 5.32 Å². The van der Waals surface area contributed by atoms with Crippen molar-refractivity contribution in [3.63, 3.8) is 0 Å². The summed E-state index contributed by atoms with van der Waals surface area (Å²) in [6, 6.07) is 4.13. The number of nitrogens with one attached hydrogen (secondary N) is 1. The summed E-state index contributed by atoms with van der Waals surface area (Å²) in [6.45, 7) is 4.64. The lowest BCUT2D eigenvalue weighted by molar-refractivity contribution is -0.119. The highest BCUT2D eigenvalue weighted by Crippen LogP contribution is 2.18. The Morgan fingerprint density at radius 2 is 2.38 bits per heavy atom. The molecule has 0 aliphatic carbocycles. The van der Waals surface area contributed by atoms with Gasteiger partial charge >= 0.3 is 0 Å². The summed E-state index contributed by atoms with van der Waals surface area (Å²) in [5.41, 5.74) is 5.49. The molecule has 3 N–H and O–H groups in total. The summed E-state index contributed by atoms with van der Waals surface area (Å²) in [5, 5.41) is 5.32. The summed E-state index contributed by atoms with van der Waals surface area (Å²) in [7, 11) is 0. The number of rotatable bonds is 6. The van der Waals surface area contributed by atoms with Crippen LogP contribution >= 0.6 is 23.1 Å². The predicted octanol–water partition coefficient (Wildman–Crippen LogP) is 2.01. The fourth-order valence-corrected chi connectivity index (χ4v) is 2.57. The van der Waals surface area contributed by atoms with Crippen LogP contribution in [0.25, 0.3) is 0 Å². The van der Waals surface area contributed by atoms with Gasteiger partial charge in [0.25, 0.3) is 0 Å². The highest BCUT2D eigenvalue weighted by atomic mass is 32.2. The molecule has 1 rings (SSSR count). The molecule has 0 saturated carbocycles. The second-order valence-electron chi connectivity index (χ2n) is 3.66. The quantitative estimate of drug-likeness (QED) is 0.820. The smallest absolute Gasteiger partial charge is 0.230 e. The summed E-state index contributed by atoms with van der Waals surface area (Å²) in [6.07, 6.45) is 0. The summed E-state index contributed by atoms with van der Waals surface area (Å²) in [4.78, 5) is 12.8. The molecule has 1 aromatic heterocycles. The maximum atomic E-state index is 11.6. The minimum Gasteiger partial charge on any atom is -0.348 e. The molecule has 3 nitrogen and oxygen atoms in total. The van der Waals surface area contributed by atoms with E-state index in [1.807, 2.05) is 31.4 Å². The summed E-state index contributed by atoms with van der Waals surface area (Å²) >= 11 is 3.25. The van der Waals surface area contributed by atoms with Crippen LogP contribution in [0, 0.1) is 0 Å². The van der Waals surface area contributed by atoms with E-state index in [0.29, 0.717) is 17.5 Å². The molecule has 0 aliphatic rings. The zero-order valence-corrected chi connectivity index (χ0v) is 11.2. The Morgan fingerprint density at radius 3 is 2.94 bits per heavy atom. The molecule has 0 aliphatic heterocycles. The van der Waals surface area contributed by atoms with Gasteiger partial charge in [0.05, 0.1) is 11.8 Å². The summed E-state index contributed by atoms with van der Waals surface area (Å²) in [5.74, 6) is 0.555. The fourth-order valence-electron chi connectivity index (χ4n) is 1.18. The van der Waals surface area contributed by atoms with Gasteiger partial charge in [0.2, 0.25) is 5.91 Å². The van der Waals surface area contributed by atoms with Crippen LogP contribution in [0.3, 0.4) is 0 Å². The van der Waals surface area contributed by atoms with Gasteiger partial charge < -0.3 is 11.1 Å². The van der Waals surface area contributed by atoms with Crippen LogP contribution in [-0.2, 0) is 4.79 Å². The number of hydrogen-bond donors (Lipinski definition) is 2. The zero-order valence-electron chi connectivity index (χ0n) is 9.60. The molecule has 5 heteroatoms. The Bertz CT molecular complexity index is 314. The molecule has 90 valence electrons. The number of thioether (sulfide) groups is 1. The van der Waals surface area contributed by atoms with E-state index in [9.17, 15) is 4.79 Å². The lowest BCUT2D eigenvalue weighted by Crippen LogP contribution is -2.28. The van der Waals surface area contributed by atoms with E-state index in [1.165, 1.54) is 4.88 Å². The van der Waals surface area contributed by atoms with Crippen LogP contribution in [0.5, 0.6) is 0 Å². The van der Waals surface area contributed by atoms with E-state index >= 15 is 0 Å². The first-order valence-corrected chi connectivity index (χ1v) is 7.20. The van der Waals surface area contributed by atoms with Crippen molar-refractivity contribution < 1.29 is 4.79 Å². The van der Waals surface area contributed by atoms with E-state index in [1.54, 1.807) is 23.1 Å². The van der Waals surface area contributed by atoms with Gasteiger partial charge in [-0.25, -0.2) is 0 Å². The average molecular weight is 258 g/mol. The van der Waals surface area contributed by atoms with Gasteiger partial charge in [0.15, 0.2) is 0 Å². The normalized spacial score (nSPS) is 14.4. The molecule has 0 spiro atoms. The molecule has 1 aromatic rings. The first-order chi connectivity index (χ1) is 7.63. The predicted molar refractivity (Wildman–Crippen MR) is 71.9 cm³/mol. The van der Waals surface area contributed by atoms with Gasteiger partial charge in [-0.15, -0.1) is 23.1 Å².